The molecule has 0 saturated carbocycles. The molecule has 0 amide bonds. The largest absolute Gasteiger partial charge is 0.489 e. The molecule has 1 aromatic carbocycles. The van der Waals surface area contributed by atoms with E-state index in [0.29, 0.717) is 16.9 Å². The van der Waals surface area contributed by atoms with E-state index < -0.39 is 4.92 Å². The normalized spacial score (nSPS) is 10.2. The highest BCUT2D eigenvalue weighted by atomic mass is 16.6. The van der Waals surface area contributed by atoms with Gasteiger partial charge in [-0.15, -0.1) is 0 Å². The standard InChI is InChI=1S/C13H14N4O4/c1-7-5-10(8(2)4-9(7)17(18)19)21-13-11(20-3)12(14)15-6-16-13/h4-6H,1-3H3,(H2,14,15,16). The van der Waals surface area contributed by atoms with Gasteiger partial charge in [0.25, 0.3) is 11.6 Å². The first-order chi connectivity index (χ1) is 9.93. The van der Waals surface area contributed by atoms with Crippen molar-refractivity contribution in [2.75, 3.05) is 12.8 Å². The quantitative estimate of drug-likeness (QED) is 0.679. The lowest BCUT2D eigenvalue weighted by Gasteiger charge is -2.12. The van der Waals surface area contributed by atoms with E-state index in [1.165, 1.54) is 19.5 Å². The lowest BCUT2D eigenvalue weighted by molar-refractivity contribution is -0.385. The molecule has 2 rings (SSSR count). The third kappa shape index (κ3) is 2.83. The lowest BCUT2D eigenvalue weighted by atomic mass is 10.1. The van der Waals surface area contributed by atoms with Crippen LogP contribution in [0.2, 0.25) is 0 Å². The minimum atomic E-state index is -0.435. The number of nitro groups is 1. The van der Waals surface area contributed by atoms with Crippen LogP contribution < -0.4 is 15.2 Å². The first-order valence-corrected chi connectivity index (χ1v) is 6.02. The Hall–Kier alpha value is -2.90. The van der Waals surface area contributed by atoms with E-state index in [4.69, 9.17) is 15.2 Å². The zero-order valence-electron chi connectivity index (χ0n) is 11.8. The minimum absolute atomic E-state index is 0.0361. The summed E-state index contributed by atoms with van der Waals surface area (Å²) < 4.78 is 10.7. The highest BCUT2D eigenvalue weighted by Gasteiger charge is 2.17. The number of nitrogens with two attached hydrogens (primary N) is 1. The molecule has 1 heterocycles. The highest BCUT2D eigenvalue weighted by Crippen LogP contribution is 2.35. The van der Waals surface area contributed by atoms with Crippen LogP contribution >= 0.6 is 0 Å². The Balaban J connectivity index is 2.43. The van der Waals surface area contributed by atoms with Crippen LogP contribution in [0.4, 0.5) is 11.5 Å². The van der Waals surface area contributed by atoms with E-state index in [-0.39, 0.29) is 23.1 Å². The van der Waals surface area contributed by atoms with Crippen LogP contribution in [0.3, 0.4) is 0 Å². The van der Waals surface area contributed by atoms with Crippen molar-refractivity contribution in [2.45, 2.75) is 13.8 Å². The summed E-state index contributed by atoms with van der Waals surface area (Å²) in [5.41, 5.74) is 6.80. The third-order valence-electron chi connectivity index (χ3n) is 2.90. The molecule has 2 N–H and O–H groups in total. The van der Waals surface area contributed by atoms with E-state index in [1.54, 1.807) is 19.9 Å². The molecule has 8 heteroatoms. The van der Waals surface area contributed by atoms with Crippen molar-refractivity contribution >= 4 is 11.5 Å². The molecular weight excluding hydrogens is 276 g/mol. The van der Waals surface area contributed by atoms with Gasteiger partial charge in [-0.3, -0.25) is 10.1 Å². The smallest absolute Gasteiger partial charge is 0.272 e. The summed E-state index contributed by atoms with van der Waals surface area (Å²) in [7, 11) is 1.43. The summed E-state index contributed by atoms with van der Waals surface area (Å²) in [6.45, 7) is 3.34. The number of nitrogens with zero attached hydrogens (tertiary/aromatic N) is 3. The number of nitrogen functional groups attached to an aromatic ring is 1. The van der Waals surface area contributed by atoms with Gasteiger partial charge >= 0.3 is 0 Å². The maximum Gasteiger partial charge on any atom is 0.272 e. The average molecular weight is 290 g/mol. The number of benzene rings is 1. The van der Waals surface area contributed by atoms with Gasteiger partial charge in [0.05, 0.1) is 12.0 Å². The van der Waals surface area contributed by atoms with Crippen molar-refractivity contribution < 1.29 is 14.4 Å². The Morgan fingerprint density at radius 1 is 1.24 bits per heavy atom. The number of nitro benzene ring substituents is 1. The third-order valence-corrected chi connectivity index (χ3v) is 2.90. The van der Waals surface area contributed by atoms with Crippen molar-refractivity contribution in [1.29, 1.82) is 0 Å². The van der Waals surface area contributed by atoms with Gasteiger partial charge in [-0.25, -0.2) is 4.98 Å². The van der Waals surface area contributed by atoms with Crippen molar-refractivity contribution in [3.8, 4) is 17.4 Å². The number of anilines is 1. The number of hydrogen-bond acceptors (Lipinski definition) is 7. The molecule has 0 aliphatic rings. The summed E-state index contributed by atoms with van der Waals surface area (Å²) in [6, 6.07) is 3.02. The topological polar surface area (TPSA) is 113 Å². The summed E-state index contributed by atoms with van der Waals surface area (Å²) in [4.78, 5) is 18.2. The van der Waals surface area contributed by atoms with E-state index >= 15 is 0 Å². The molecule has 0 radical (unpaired) electrons. The monoisotopic (exact) mass is 290 g/mol. The van der Waals surface area contributed by atoms with E-state index in [0.717, 1.165) is 0 Å². The Kier molecular flexibility index (Phi) is 3.88. The number of ether oxygens (including phenoxy) is 2. The van der Waals surface area contributed by atoms with E-state index in [9.17, 15) is 10.1 Å². The fraction of sp³-hybridized carbons (Fsp3) is 0.231. The van der Waals surface area contributed by atoms with E-state index in [1.807, 2.05) is 0 Å². The van der Waals surface area contributed by atoms with Crippen LogP contribution in [0, 0.1) is 24.0 Å². The predicted molar refractivity (Wildman–Crippen MR) is 75.6 cm³/mol. The fourth-order valence-electron chi connectivity index (χ4n) is 1.82. The molecule has 0 fully saturated rings. The minimum Gasteiger partial charge on any atom is -0.489 e. The first-order valence-electron chi connectivity index (χ1n) is 6.02. The van der Waals surface area contributed by atoms with Crippen LogP contribution in [-0.2, 0) is 0 Å². The lowest BCUT2D eigenvalue weighted by Crippen LogP contribution is -2.01. The summed E-state index contributed by atoms with van der Waals surface area (Å²) in [6.07, 6.45) is 1.25. The number of aryl methyl sites for hydroxylation is 2. The van der Waals surface area contributed by atoms with Gasteiger partial charge in [0.15, 0.2) is 5.82 Å². The molecule has 0 aliphatic heterocycles. The van der Waals surface area contributed by atoms with Gasteiger partial charge in [-0.05, 0) is 25.5 Å². The van der Waals surface area contributed by atoms with E-state index in [2.05, 4.69) is 9.97 Å². The summed E-state index contributed by atoms with van der Waals surface area (Å²) >= 11 is 0. The molecular formula is C13H14N4O4. The number of methoxy groups -OCH3 is 1. The van der Waals surface area contributed by atoms with Gasteiger partial charge in [0.2, 0.25) is 5.75 Å². The molecule has 1 aromatic heterocycles. The molecule has 0 saturated heterocycles. The van der Waals surface area contributed by atoms with Crippen molar-refractivity contribution in [1.82, 2.24) is 9.97 Å². The molecule has 0 unspecified atom stereocenters. The second-order valence-electron chi connectivity index (χ2n) is 4.36. The fourth-order valence-corrected chi connectivity index (χ4v) is 1.82. The Labute approximate surface area is 120 Å². The maximum atomic E-state index is 10.9. The zero-order chi connectivity index (χ0) is 15.6. The molecule has 0 bridgehead atoms. The maximum absolute atomic E-state index is 10.9. The Bertz CT molecular complexity index is 703. The van der Waals surface area contributed by atoms with Gasteiger partial charge in [-0.1, -0.05) is 0 Å². The van der Waals surface area contributed by atoms with Crippen LogP contribution in [0.15, 0.2) is 18.5 Å². The summed E-state index contributed by atoms with van der Waals surface area (Å²) in [5.74, 6) is 0.961. The summed E-state index contributed by atoms with van der Waals surface area (Å²) in [5, 5.41) is 10.9. The van der Waals surface area contributed by atoms with Gasteiger partial charge in [0.1, 0.15) is 12.1 Å². The highest BCUT2D eigenvalue weighted by molar-refractivity contribution is 5.55. The number of aromatic nitrogens is 2. The number of rotatable bonds is 4. The molecule has 21 heavy (non-hydrogen) atoms. The van der Waals surface area contributed by atoms with Crippen LogP contribution in [0.5, 0.6) is 17.4 Å². The first kappa shape index (κ1) is 14.5. The molecule has 8 nitrogen and oxygen atoms in total. The number of hydrogen-bond donors (Lipinski definition) is 1. The van der Waals surface area contributed by atoms with Crippen LogP contribution in [0.25, 0.3) is 0 Å². The Morgan fingerprint density at radius 3 is 2.57 bits per heavy atom. The van der Waals surface area contributed by atoms with Crippen LogP contribution in [0.1, 0.15) is 11.1 Å². The zero-order valence-corrected chi connectivity index (χ0v) is 11.8. The SMILES string of the molecule is COc1c(N)ncnc1Oc1cc(C)c([N+](=O)[O-])cc1C. The Morgan fingerprint density at radius 2 is 1.95 bits per heavy atom. The second-order valence-corrected chi connectivity index (χ2v) is 4.36. The molecule has 0 atom stereocenters. The molecule has 0 spiro atoms. The van der Waals surface area contributed by atoms with Crippen molar-refractivity contribution in [2.24, 2.45) is 0 Å². The van der Waals surface area contributed by atoms with Gasteiger partial charge in [0, 0.05) is 11.6 Å². The molecule has 2 aromatic rings. The van der Waals surface area contributed by atoms with Crippen molar-refractivity contribution in [3.05, 3.63) is 39.7 Å². The molecule has 0 aliphatic carbocycles. The van der Waals surface area contributed by atoms with Crippen molar-refractivity contribution in [3.63, 3.8) is 0 Å². The van der Waals surface area contributed by atoms with Gasteiger partial charge in [-0.2, -0.15) is 4.98 Å². The second kappa shape index (κ2) is 5.61. The predicted octanol–water partition coefficient (Wildman–Crippen LogP) is 2.38. The van der Waals surface area contributed by atoms with Crippen LogP contribution in [-0.4, -0.2) is 22.0 Å². The average Bonchev–Trinajstić information content (AvgIpc) is 2.42. The molecule has 110 valence electrons. The van der Waals surface area contributed by atoms with Gasteiger partial charge < -0.3 is 15.2 Å².